The van der Waals surface area contributed by atoms with Gasteiger partial charge in [0, 0.05) is 19.8 Å². The molecule has 0 fully saturated rings. The van der Waals surface area contributed by atoms with Gasteiger partial charge in [-0.3, -0.25) is 9.59 Å². The molecule has 0 spiro atoms. The molecule has 0 aromatic rings. The summed E-state index contributed by atoms with van der Waals surface area (Å²) in [6.45, 7) is 3.69. The number of nitrogens with zero attached hydrogens (tertiary/aromatic N) is 1. The Morgan fingerprint density at radius 3 is 1.44 bits per heavy atom. The Morgan fingerprint density at radius 2 is 1.07 bits per heavy atom. The van der Waals surface area contributed by atoms with Crippen molar-refractivity contribution in [1.29, 1.82) is 0 Å². The van der Waals surface area contributed by atoms with E-state index in [2.05, 4.69) is 6.92 Å². The molecule has 2 unspecified atom stereocenters. The van der Waals surface area contributed by atoms with Crippen molar-refractivity contribution >= 4 is 17.9 Å². The quantitative estimate of drug-likeness (QED) is 0.0476. The fraction of sp³-hybridized carbons (Fsp3) is 0.914. The summed E-state index contributed by atoms with van der Waals surface area (Å²) >= 11 is 0. The lowest BCUT2D eigenvalue weighted by Crippen LogP contribution is -2.55. The predicted molar refractivity (Wildman–Crippen MR) is 171 cm³/mol. The van der Waals surface area contributed by atoms with Crippen molar-refractivity contribution in [3.63, 3.8) is 0 Å². The molecule has 0 aliphatic heterocycles. The van der Waals surface area contributed by atoms with Crippen LogP contribution >= 0.6 is 0 Å². The number of aliphatic carboxylic acids is 1. The van der Waals surface area contributed by atoms with Gasteiger partial charge in [-0.2, -0.15) is 0 Å². The maximum Gasteiger partial charge on any atom is 0.306 e. The topological polar surface area (TPSA) is 102 Å². The Morgan fingerprint density at radius 1 is 0.651 bits per heavy atom. The highest BCUT2D eigenvalue weighted by Crippen LogP contribution is 2.15. The lowest BCUT2D eigenvalue weighted by atomic mass is 10.0. The first-order valence-corrected chi connectivity index (χ1v) is 17.5. The van der Waals surface area contributed by atoms with E-state index in [1.54, 1.807) is 21.1 Å². The summed E-state index contributed by atoms with van der Waals surface area (Å²) in [4.78, 5) is 35.0. The van der Waals surface area contributed by atoms with Gasteiger partial charge in [0.05, 0.1) is 40.3 Å². The first-order chi connectivity index (χ1) is 20.6. The van der Waals surface area contributed by atoms with Crippen LogP contribution in [-0.2, 0) is 28.6 Å². The van der Waals surface area contributed by atoms with Crippen molar-refractivity contribution in [1.82, 2.24) is 0 Å². The van der Waals surface area contributed by atoms with Crippen LogP contribution in [0.15, 0.2) is 0 Å². The van der Waals surface area contributed by atoms with Gasteiger partial charge in [-0.15, -0.1) is 0 Å². The number of rotatable bonds is 31. The second-order valence-corrected chi connectivity index (χ2v) is 13.2. The van der Waals surface area contributed by atoms with Gasteiger partial charge in [-0.25, -0.2) is 0 Å². The molecular formula is C35H67NO7. The highest BCUT2D eigenvalue weighted by Gasteiger charge is 2.25. The summed E-state index contributed by atoms with van der Waals surface area (Å²) in [6, 6.07) is -0.714. The minimum atomic E-state index is -1.13. The van der Waals surface area contributed by atoms with Crippen molar-refractivity contribution in [3.8, 4) is 0 Å². The summed E-state index contributed by atoms with van der Waals surface area (Å²) in [5.41, 5.74) is 0. The van der Waals surface area contributed by atoms with Crippen LogP contribution in [0.1, 0.15) is 155 Å². The van der Waals surface area contributed by atoms with Crippen molar-refractivity contribution in [2.75, 3.05) is 41.0 Å². The molecule has 0 bridgehead atoms. The van der Waals surface area contributed by atoms with E-state index in [-0.39, 0.29) is 36.7 Å². The molecule has 43 heavy (non-hydrogen) atoms. The third kappa shape index (κ3) is 27.6. The summed E-state index contributed by atoms with van der Waals surface area (Å²) in [7, 11) is 5.35. The fourth-order valence-corrected chi connectivity index (χ4v) is 5.33. The first kappa shape index (κ1) is 41.3. The van der Waals surface area contributed by atoms with Gasteiger partial charge in [0.25, 0.3) is 0 Å². The predicted octanol–water partition coefficient (Wildman–Crippen LogP) is 6.90. The number of carboxylic acid groups (broad SMARTS) is 1. The van der Waals surface area contributed by atoms with E-state index in [0.29, 0.717) is 6.42 Å². The van der Waals surface area contributed by atoms with Gasteiger partial charge >= 0.3 is 11.9 Å². The highest BCUT2D eigenvalue weighted by molar-refractivity contribution is 5.70. The summed E-state index contributed by atoms with van der Waals surface area (Å²) in [5.74, 6) is -1.92. The van der Waals surface area contributed by atoms with E-state index in [1.807, 2.05) is 0 Å². The van der Waals surface area contributed by atoms with Crippen molar-refractivity contribution in [3.05, 3.63) is 0 Å². The Bertz CT molecular complexity index is 692. The monoisotopic (exact) mass is 613 g/mol. The summed E-state index contributed by atoms with van der Waals surface area (Å²) < 4.78 is 16.3. The smallest absolute Gasteiger partial charge is 0.306 e. The number of hydrogen-bond donors (Lipinski definition) is 0. The van der Waals surface area contributed by atoms with E-state index in [1.165, 1.54) is 116 Å². The minimum absolute atomic E-state index is 0.0369. The van der Waals surface area contributed by atoms with E-state index >= 15 is 0 Å². The molecule has 0 aliphatic carbocycles. The average molecular weight is 614 g/mol. The number of likely N-dealkylation sites (N-methyl/N-ethyl adjacent to an activating group) is 1. The number of carboxylic acids is 1. The van der Waals surface area contributed by atoms with Crippen molar-refractivity contribution in [2.24, 2.45) is 0 Å². The third-order valence-corrected chi connectivity index (χ3v) is 8.05. The molecule has 0 aliphatic rings. The molecule has 0 N–H and O–H groups in total. The molecule has 8 nitrogen and oxygen atoms in total. The van der Waals surface area contributed by atoms with E-state index in [4.69, 9.17) is 14.2 Å². The second-order valence-electron chi connectivity index (χ2n) is 13.2. The van der Waals surface area contributed by atoms with Gasteiger partial charge in [-0.1, -0.05) is 129 Å². The normalized spacial score (nSPS) is 13.0. The number of carbonyl (C=O) groups is 3. The molecule has 0 aromatic heterocycles. The van der Waals surface area contributed by atoms with Crippen LogP contribution in [-0.4, -0.2) is 75.5 Å². The molecule has 0 amide bonds. The molecule has 0 rings (SSSR count). The van der Waals surface area contributed by atoms with Crippen LogP contribution in [0.5, 0.6) is 0 Å². The lowest BCUT2D eigenvalue weighted by molar-refractivity contribution is -0.889. The average Bonchev–Trinajstić information content (AvgIpc) is 2.93. The SMILES string of the molecule is CCCCCCCCCCCCCCCCCCCCCCC(=O)OC(COCCC(C(=O)[O-])[N+](C)(C)C)COC(C)=O. The standard InChI is InChI=1S/C35H67NO7/c1-6-7-8-9-10-11-12-13-14-15-16-17-18-19-20-21-22-23-24-25-26-34(38)43-32(30-42-31(2)37)29-41-28-27-33(35(39)40)36(3,4)5/h32-33H,6-30H2,1-5H3. The Kier molecular flexibility index (Phi) is 26.8. The molecule has 254 valence electrons. The largest absolute Gasteiger partial charge is 0.544 e. The van der Waals surface area contributed by atoms with Gasteiger partial charge in [0.2, 0.25) is 0 Å². The van der Waals surface area contributed by atoms with Crippen LogP contribution < -0.4 is 5.11 Å². The number of hydrogen-bond acceptors (Lipinski definition) is 7. The van der Waals surface area contributed by atoms with Gasteiger partial charge < -0.3 is 28.6 Å². The zero-order valence-corrected chi connectivity index (χ0v) is 28.6. The number of quaternary nitrogens is 1. The first-order valence-electron chi connectivity index (χ1n) is 17.5. The van der Waals surface area contributed by atoms with Gasteiger partial charge in [0.1, 0.15) is 12.6 Å². The van der Waals surface area contributed by atoms with E-state index in [9.17, 15) is 19.5 Å². The molecule has 2 atom stereocenters. The fourth-order valence-electron chi connectivity index (χ4n) is 5.33. The number of ether oxygens (including phenoxy) is 3. The van der Waals surface area contributed by atoms with Gasteiger partial charge in [-0.05, 0) is 6.42 Å². The Labute approximate surface area is 264 Å². The summed E-state index contributed by atoms with van der Waals surface area (Å²) in [6.07, 6.45) is 26.1. The zero-order chi connectivity index (χ0) is 32.2. The molecular weight excluding hydrogens is 546 g/mol. The maximum absolute atomic E-state index is 12.3. The molecule has 0 saturated carbocycles. The van der Waals surface area contributed by atoms with Crippen LogP contribution in [0, 0.1) is 0 Å². The van der Waals surface area contributed by atoms with E-state index < -0.39 is 24.1 Å². The molecule has 8 heteroatoms. The molecule has 0 saturated heterocycles. The molecule has 0 heterocycles. The van der Waals surface area contributed by atoms with Crippen LogP contribution in [0.4, 0.5) is 0 Å². The molecule has 0 radical (unpaired) electrons. The second kappa shape index (κ2) is 27.8. The maximum atomic E-state index is 12.3. The Hall–Kier alpha value is -1.67. The Balaban J connectivity index is 3.79. The number of esters is 2. The number of unbranched alkanes of at least 4 members (excludes halogenated alkanes) is 19. The van der Waals surface area contributed by atoms with Crippen LogP contribution in [0.2, 0.25) is 0 Å². The van der Waals surface area contributed by atoms with Gasteiger partial charge in [0.15, 0.2) is 6.10 Å². The van der Waals surface area contributed by atoms with Crippen LogP contribution in [0.25, 0.3) is 0 Å². The number of carbonyl (C=O) groups excluding carboxylic acids is 3. The van der Waals surface area contributed by atoms with E-state index in [0.717, 1.165) is 19.3 Å². The zero-order valence-electron chi connectivity index (χ0n) is 28.6. The molecule has 0 aromatic carbocycles. The highest BCUT2D eigenvalue weighted by atomic mass is 16.6. The van der Waals surface area contributed by atoms with Crippen molar-refractivity contribution < 1.29 is 38.2 Å². The minimum Gasteiger partial charge on any atom is -0.544 e. The van der Waals surface area contributed by atoms with Crippen molar-refractivity contribution in [2.45, 2.75) is 167 Å². The van der Waals surface area contributed by atoms with Crippen LogP contribution in [0.3, 0.4) is 0 Å². The lowest BCUT2D eigenvalue weighted by Gasteiger charge is -2.34. The summed E-state index contributed by atoms with van der Waals surface area (Å²) in [5, 5.41) is 11.4. The third-order valence-electron chi connectivity index (χ3n) is 8.05.